The van der Waals surface area contributed by atoms with Crippen molar-refractivity contribution in [1.29, 1.82) is 0 Å². The van der Waals surface area contributed by atoms with Crippen LogP contribution in [0.15, 0.2) is 70.5 Å². The van der Waals surface area contributed by atoms with Crippen molar-refractivity contribution < 1.29 is 23.9 Å². The highest BCUT2D eigenvalue weighted by atomic mass is 32.2. The first kappa shape index (κ1) is 19.1. The lowest BCUT2D eigenvalue weighted by molar-refractivity contribution is -0.155. The smallest absolute Gasteiger partial charge is 0.377 e. The second-order valence-corrected chi connectivity index (χ2v) is 7.59. The minimum Gasteiger partial charge on any atom is -0.467 e. The summed E-state index contributed by atoms with van der Waals surface area (Å²) < 4.78 is 7.59. The first-order chi connectivity index (χ1) is 12.0. The van der Waals surface area contributed by atoms with Crippen LogP contribution in [0.4, 0.5) is 0 Å². The second-order valence-electron chi connectivity index (χ2n) is 4.76. The predicted molar refractivity (Wildman–Crippen MR) is 96.4 cm³/mol. The maximum Gasteiger partial charge on any atom is 0.377 e. The Morgan fingerprint density at radius 3 is 1.56 bits per heavy atom. The van der Waals surface area contributed by atoms with Gasteiger partial charge >= 0.3 is 11.9 Å². The van der Waals surface area contributed by atoms with Crippen LogP contribution in [0.2, 0.25) is 0 Å². The van der Waals surface area contributed by atoms with Gasteiger partial charge in [0.25, 0.3) is 5.78 Å². The van der Waals surface area contributed by atoms with Crippen molar-refractivity contribution in [1.82, 2.24) is 0 Å². The fourth-order valence-electron chi connectivity index (χ4n) is 1.96. The zero-order valence-electron chi connectivity index (χ0n) is 13.6. The van der Waals surface area contributed by atoms with E-state index in [2.05, 4.69) is 4.74 Å². The fourth-order valence-corrected chi connectivity index (χ4v) is 4.64. The molecule has 0 aliphatic rings. The first-order valence-corrected chi connectivity index (χ1v) is 8.86. The third-order valence-corrected chi connectivity index (χ3v) is 5.93. The third kappa shape index (κ3) is 4.43. The number of benzene rings is 2. The number of thioether (sulfide) groups is 2. The van der Waals surface area contributed by atoms with Gasteiger partial charge in [0.2, 0.25) is 4.08 Å². The Bertz CT molecular complexity index is 705. The molecule has 0 atom stereocenters. The normalized spacial score (nSPS) is 10.8. The molecule has 2 rings (SSSR count). The molecule has 2 aromatic rings. The van der Waals surface area contributed by atoms with Crippen LogP contribution >= 0.6 is 23.5 Å². The Labute approximate surface area is 154 Å². The minimum atomic E-state index is -1.84. The van der Waals surface area contributed by atoms with Gasteiger partial charge in [0.1, 0.15) is 0 Å². The van der Waals surface area contributed by atoms with Gasteiger partial charge in [-0.3, -0.25) is 4.79 Å². The molecule has 0 bridgehead atoms. The number of esters is 2. The van der Waals surface area contributed by atoms with Crippen LogP contribution in [-0.2, 0) is 23.9 Å². The molecule has 0 aromatic heterocycles. The Kier molecular flexibility index (Phi) is 6.66. The first-order valence-electron chi connectivity index (χ1n) is 7.22. The largest absolute Gasteiger partial charge is 0.467 e. The standard InChI is InChI=1S/C18H16O5S2/c1-22-16(20)15(19)18(17(21)23-2,24-13-9-5-3-6-10-13)25-14-11-7-4-8-12-14/h3-12H,1-2H3. The summed E-state index contributed by atoms with van der Waals surface area (Å²) in [5.74, 6) is -2.91. The lowest BCUT2D eigenvalue weighted by Crippen LogP contribution is -2.45. The molecule has 7 heteroatoms. The van der Waals surface area contributed by atoms with E-state index in [1.807, 2.05) is 12.1 Å². The van der Waals surface area contributed by atoms with Gasteiger partial charge < -0.3 is 9.47 Å². The van der Waals surface area contributed by atoms with Crippen molar-refractivity contribution in [3.05, 3.63) is 60.7 Å². The van der Waals surface area contributed by atoms with Crippen LogP contribution in [-0.4, -0.2) is 36.0 Å². The molecule has 0 saturated heterocycles. The maximum atomic E-state index is 12.8. The predicted octanol–water partition coefficient (Wildman–Crippen LogP) is 3.18. The number of methoxy groups -OCH3 is 2. The number of hydrogen-bond acceptors (Lipinski definition) is 7. The molecule has 0 unspecified atom stereocenters. The molecule has 0 aliphatic carbocycles. The number of Topliss-reactive ketones (excluding diaryl/α,β-unsaturated/α-hetero) is 1. The van der Waals surface area contributed by atoms with Gasteiger partial charge in [-0.15, -0.1) is 0 Å². The molecule has 0 heterocycles. The van der Waals surface area contributed by atoms with Crippen LogP contribution < -0.4 is 0 Å². The number of rotatable bonds is 7. The topological polar surface area (TPSA) is 69.7 Å². The van der Waals surface area contributed by atoms with Crippen molar-refractivity contribution in [2.75, 3.05) is 14.2 Å². The molecule has 0 N–H and O–H groups in total. The summed E-state index contributed by atoms with van der Waals surface area (Å²) in [6, 6.07) is 17.7. The molecule has 0 radical (unpaired) electrons. The van der Waals surface area contributed by atoms with Crippen LogP contribution in [0.3, 0.4) is 0 Å². The average molecular weight is 376 g/mol. The highest BCUT2D eigenvalue weighted by molar-refractivity contribution is 8.20. The van der Waals surface area contributed by atoms with Gasteiger partial charge in [0, 0.05) is 9.79 Å². The van der Waals surface area contributed by atoms with Crippen molar-refractivity contribution in [3.63, 3.8) is 0 Å². The van der Waals surface area contributed by atoms with E-state index in [1.54, 1.807) is 48.5 Å². The summed E-state index contributed by atoms with van der Waals surface area (Å²) in [6.07, 6.45) is 0. The van der Waals surface area contributed by atoms with E-state index >= 15 is 0 Å². The van der Waals surface area contributed by atoms with E-state index < -0.39 is 21.8 Å². The quantitative estimate of drug-likeness (QED) is 0.242. The second kappa shape index (κ2) is 8.73. The van der Waals surface area contributed by atoms with Crippen LogP contribution in [0.1, 0.15) is 0 Å². The van der Waals surface area contributed by atoms with E-state index in [9.17, 15) is 14.4 Å². The van der Waals surface area contributed by atoms with Gasteiger partial charge in [0.15, 0.2) is 0 Å². The number of hydrogen-bond donors (Lipinski definition) is 0. The summed E-state index contributed by atoms with van der Waals surface area (Å²) >= 11 is 1.91. The molecule has 5 nitrogen and oxygen atoms in total. The molecular formula is C18H16O5S2. The average Bonchev–Trinajstić information content (AvgIpc) is 2.67. The molecule has 0 spiro atoms. The van der Waals surface area contributed by atoms with E-state index in [0.29, 0.717) is 9.79 Å². The van der Waals surface area contributed by atoms with Gasteiger partial charge in [-0.25, -0.2) is 9.59 Å². The number of ketones is 1. The monoisotopic (exact) mass is 376 g/mol. The Morgan fingerprint density at radius 1 is 0.760 bits per heavy atom. The lowest BCUT2D eigenvalue weighted by atomic mass is 10.2. The molecule has 130 valence electrons. The van der Waals surface area contributed by atoms with E-state index in [4.69, 9.17) is 4.74 Å². The van der Waals surface area contributed by atoms with Gasteiger partial charge in [-0.2, -0.15) is 0 Å². The van der Waals surface area contributed by atoms with Crippen molar-refractivity contribution in [2.24, 2.45) is 0 Å². The molecule has 0 aliphatic heterocycles. The lowest BCUT2D eigenvalue weighted by Gasteiger charge is -2.27. The number of carbonyl (C=O) groups is 3. The van der Waals surface area contributed by atoms with Crippen molar-refractivity contribution in [2.45, 2.75) is 13.9 Å². The summed E-state index contributed by atoms with van der Waals surface area (Å²) in [7, 11) is 2.28. The van der Waals surface area contributed by atoms with E-state index in [1.165, 1.54) is 7.11 Å². The number of ether oxygens (including phenoxy) is 2. The molecule has 0 saturated carbocycles. The molecule has 0 fully saturated rings. The van der Waals surface area contributed by atoms with Gasteiger partial charge in [0.05, 0.1) is 14.2 Å². The van der Waals surface area contributed by atoms with E-state index in [-0.39, 0.29) is 0 Å². The summed E-state index contributed by atoms with van der Waals surface area (Å²) in [4.78, 5) is 38.6. The summed E-state index contributed by atoms with van der Waals surface area (Å²) in [5, 5.41) is 0. The Hall–Kier alpha value is -2.25. The highest BCUT2D eigenvalue weighted by Crippen LogP contribution is 2.47. The number of carbonyl (C=O) groups excluding carboxylic acids is 3. The summed E-state index contributed by atoms with van der Waals surface area (Å²) in [5.41, 5.74) is 0. The van der Waals surface area contributed by atoms with Crippen LogP contribution in [0.25, 0.3) is 0 Å². The SMILES string of the molecule is COC(=O)C(=O)C(Sc1ccccc1)(Sc1ccccc1)C(=O)OC. The molecular weight excluding hydrogens is 360 g/mol. The van der Waals surface area contributed by atoms with Crippen molar-refractivity contribution in [3.8, 4) is 0 Å². The van der Waals surface area contributed by atoms with Crippen LogP contribution in [0.5, 0.6) is 0 Å². The molecule has 2 aromatic carbocycles. The zero-order chi connectivity index (χ0) is 18.3. The maximum absolute atomic E-state index is 12.8. The van der Waals surface area contributed by atoms with Crippen molar-refractivity contribution >= 4 is 41.2 Å². The third-order valence-electron chi connectivity index (χ3n) is 3.13. The zero-order valence-corrected chi connectivity index (χ0v) is 15.3. The molecule has 0 amide bonds. The highest BCUT2D eigenvalue weighted by Gasteiger charge is 2.53. The van der Waals surface area contributed by atoms with Gasteiger partial charge in [-0.05, 0) is 24.3 Å². The fraction of sp³-hybridized carbons (Fsp3) is 0.167. The molecule has 25 heavy (non-hydrogen) atoms. The Balaban J connectivity index is 2.54. The van der Waals surface area contributed by atoms with Crippen LogP contribution in [0, 0.1) is 0 Å². The van der Waals surface area contributed by atoms with Gasteiger partial charge in [-0.1, -0.05) is 59.9 Å². The summed E-state index contributed by atoms with van der Waals surface area (Å²) in [6.45, 7) is 0. The Morgan fingerprint density at radius 2 is 1.20 bits per heavy atom. The van der Waals surface area contributed by atoms with E-state index in [0.717, 1.165) is 30.6 Å². The minimum absolute atomic E-state index is 0.647.